The Morgan fingerprint density at radius 1 is 1.35 bits per heavy atom. The molecule has 1 aromatic rings. The van der Waals surface area contributed by atoms with Gasteiger partial charge in [0.25, 0.3) is 0 Å². The van der Waals surface area contributed by atoms with Gasteiger partial charge in [0.1, 0.15) is 0 Å². The predicted octanol–water partition coefficient (Wildman–Crippen LogP) is 4.63. The minimum Gasteiger partial charge on any atom is -0.308 e. The van der Waals surface area contributed by atoms with E-state index in [0.717, 1.165) is 6.54 Å². The minimum atomic E-state index is 0.403. The van der Waals surface area contributed by atoms with E-state index >= 15 is 0 Å². The van der Waals surface area contributed by atoms with E-state index < -0.39 is 0 Å². The summed E-state index contributed by atoms with van der Waals surface area (Å²) in [5.74, 6) is 0. The summed E-state index contributed by atoms with van der Waals surface area (Å²) in [4.78, 5) is 2.85. The predicted molar refractivity (Wildman–Crippen MR) is 82.3 cm³/mol. The van der Waals surface area contributed by atoms with Crippen molar-refractivity contribution in [2.45, 2.75) is 51.3 Å². The average Bonchev–Trinajstić information content (AvgIpc) is 2.78. The van der Waals surface area contributed by atoms with Crippen LogP contribution in [0.5, 0.6) is 0 Å². The van der Waals surface area contributed by atoms with Gasteiger partial charge in [-0.15, -0.1) is 11.3 Å². The SMILES string of the molecule is CCC(CC)(CNC(C)c1ccc(C)s1)SC. The first kappa shape index (κ1) is 15.1. The Morgan fingerprint density at radius 2 is 2.00 bits per heavy atom. The molecule has 1 atom stereocenters. The Hall–Kier alpha value is 0.01000. The first-order valence-electron chi connectivity index (χ1n) is 6.41. The van der Waals surface area contributed by atoms with Crippen LogP contribution in [0.4, 0.5) is 0 Å². The van der Waals surface area contributed by atoms with Gasteiger partial charge in [-0.3, -0.25) is 0 Å². The Kier molecular flexibility index (Phi) is 6.04. The number of hydrogen-bond acceptors (Lipinski definition) is 3. The minimum absolute atomic E-state index is 0.403. The molecule has 0 saturated heterocycles. The third-order valence-corrected chi connectivity index (χ3v) is 6.41. The molecular weight excluding hydrogens is 246 g/mol. The lowest BCUT2D eigenvalue weighted by Gasteiger charge is -2.31. The molecule has 0 aliphatic carbocycles. The van der Waals surface area contributed by atoms with Crippen LogP contribution in [0.2, 0.25) is 0 Å². The van der Waals surface area contributed by atoms with E-state index in [9.17, 15) is 0 Å². The lowest BCUT2D eigenvalue weighted by Crippen LogP contribution is -2.37. The highest BCUT2D eigenvalue weighted by molar-refractivity contribution is 8.00. The average molecular weight is 271 g/mol. The fourth-order valence-electron chi connectivity index (χ4n) is 1.99. The fraction of sp³-hybridized carbons (Fsp3) is 0.714. The maximum atomic E-state index is 3.70. The van der Waals surface area contributed by atoms with Crippen molar-refractivity contribution >= 4 is 23.1 Å². The van der Waals surface area contributed by atoms with Gasteiger partial charge in [0.05, 0.1) is 0 Å². The monoisotopic (exact) mass is 271 g/mol. The molecule has 0 bridgehead atoms. The molecule has 0 spiro atoms. The largest absolute Gasteiger partial charge is 0.308 e. The van der Waals surface area contributed by atoms with Gasteiger partial charge in [0.2, 0.25) is 0 Å². The van der Waals surface area contributed by atoms with Gasteiger partial charge < -0.3 is 5.32 Å². The summed E-state index contributed by atoms with van der Waals surface area (Å²) in [5.41, 5.74) is 0. The Balaban J connectivity index is 2.55. The molecule has 0 radical (unpaired) electrons. The molecule has 0 amide bonds. The number of hydrogen-bond donors (Lipinski definition) is 1. The molecule has 1 N–H and O–H groups in total. The second-order valence-corrected chi connectivity index (χ2v) is 7.24. The molecule has 98 valence electrons. The van der Waals surface area contributed by atoms with E-state index in [-0.39, 0.29) is 0 Å². The zero-order valence-electron chi connectivity index (χ0n) is 11.7. The maximum absolute atomic E-state index is 3.70. The summed E-state index contributed by atoms with van der Waals surface area (Å²) in [6, 6.07) is 4.93. The zero-order chi connectivity index (χ0) is 12.9. The number of rotatable bonds is 7. The first-order valence-corrected chi connectivity index (χ1v) is 8.46. The van der Waals surface area contributed by atoms with Crippen molar-refractivity contribution in [1.29, 1.82) is 0 Å². The molecule has 1 heterocycles. The van der Waals surface area contributed by atoms with Crippen LogP contribution in [0.3, 0.4) is 0 Å². The molecule has 17 heavy (non-hydrogen) atoms. The molecule has 1 unspecified atom stereocenters. The zero-order valence-corrected chi connectivity index (χ0v) is 13.3. The second kappa shape index (κ2) is 6.81. The highest BCUT2D eigenvalue weighted by Crippen LogP contribution is 2.31. The van der Waals surface area contributed by atoms with Gasteiger partial charge in [-0.1, -0.05) is 13.8 Å². The van der Waals surface area contributed by atoms with Gasteiger partial charge >= 0.3 is 0 Å². The van der Waals surface area contributed by atoms with Gasteiger partial charge in [-0.2, -0.15) is 11.8 Å². The van der Waals surface area contributed by atoms with Crippen LogP contribution in [-0.4, -0.2) is 17.5 Å². The fourth-order valence-corrected chi connectivity index (χ4v) is 3.70. The van der Waals surface area contributed by atoms with Crippen LogP contribution in [0.15, 0.2) is 12.1 Å². The maximum Gasteiger partial charge on any atom is 0.0386 e. The topological polar surface area (TPSA) is 12.0 Å². The lowest BCUT2D eigenvalue weighted by atomic mass is 10.0. The van der Waals surface area contributed by atoms with E-state index in [1.54, 1.807) is 0 Å². The van der Waals surface area contributed by atoms with Crippen molar-refractivity contribution in [2.75, 3.05) is 12.8 Å². The van der Waals surface area contributed by atoms with Crippen LogP contribution in [-0.2, 0) is 0 Å². The molecule has 0 aliphatic heterocycles. The molecule has 0 saturated carbocycles. The third kappa shape index (κ3) is 4.01. The summed E-state index contributed by atoms with van der Waals surface area (Å²) in [6.45, 7) is 10.1. The molecule has 0 fully saturated rings. The van der Waals surface area contributed by atoms with Crippen LogP contribution in [0.1, 0.15) is 49.4 Å². The van der Waals surface area contributed by atoms with Crippen molar-refractivity contribution < 1.29 is 0 Å². The van der Waals surface area contributed by atoms with E-state index in [2.05, 4.69) is 51.4 Å². The number of nitrogens with one attached hydrogen (secondary N) is 1. The molecule has 1 rings (SSSR count). The Morgan fingerprint density at radius 3 is 2.41 bits per heavy atom. The van der Waals surface area contributed by atoms with Crippen molar-refractivity contribution in [2.24, 2.45) is 0 Å². The third-order valence-electron chi connectivity index (χ3n) is 3.64. The number of aryl methyl sites for hydroxylation is 1. The number of thioether (sulfide) groups is 1. The summed E-state index contributed by atoms with van der Waals surface area (Å²) in [6.07, 6.45) is 4.69. The van der Waals surface area contributed by atoms with Crippen LogP contribution in [0, 0.1) is 6.92 Å². The van der Waals surface area contributed by atoms with Crippen molar-refractivity contribution in [3.8, 4) is 0 Å². The van der Waals surface area contributed by atoms with Crippen LogP contribution >= 0.6 is 23.1 Å². The molecule has 1 aromatic heterocycles. The smallest absolute Gasteiger partial charge is 0.0386 e. The highest BCUT2D eigenvalue weighted by atomic mass is 32.2. The number of thiophene rings is 1. The summed E-state index contributed by atoms with van der Waals surface area (Å²) >= 11 is 3.90. The van der Waals surface area contributed by atoms with Crippen molar-refractivity contribution in [1.82, 2.24) is 5.32 Å². The van der Waals surface area contributed by atoms with E-state index in [1.165, 1.54) is 22.6 Å². The molecule has 0 aliphatic rings. The Bertz CT molecular complexity index is 320. The van der Waals surface area contributed by atoms with Gasteiger partial charge in [0, 0.05) is 27.1 Å². The standard InChI is InChI=1S/C14H25NS2/c1-6-14(7-2,16-5)10-15-12(4)13-9-8-11(3)17-13/h8-9,12,15H,6-7,10H2,1-5H3. The van der Waals surface area contributed by atoms with E-state index in [1.807, 2.05) is 23.1 Å². The lowest BCUT2D eigenvalue weighted by molar-refractivity contribution is 0.462. The van der Waals surface area contributed by atoms with Crippen molar-refractivity contribution in [3.63, 3.8) is 0 Å². The summed E-state index contributed by atoms with van der Waals surface area (Å²) in [7, 11) is 0. The summed E-state index contributed by atoms with van der Waals surface area (Å²) in [5, 5.41) is 3.70. The normalized spacial score (nSPS) is 13.9. The molecule has 0 aromatic carbocycles. The highest BCUT2D eigenvalue weighted by Gasteiger charge is 2.25. The molecule has 3 heteroatoms. The quantitative estimate of drug-likeness (QED) is 0.776. The van der Waals surface area contributed by atoms with E-state index in [0.29, 0.717) is 10.8 Å². The van der Waals surface area contributed by atoms with Crippen LogP contribution < -0.4 is 5.32 Å². The summed E-state index contributed by atoms with van der Waals surface area (Å²) < 4.78 is 0.403. The molecule has 1 nitrogen and oxygen atoms in total. The van der Waals surface area contributed by atoms with Gasteiger partial charge in [0.15, 0.2) is 0 Å². The first-order chi connectivity index (χ1) is 8.06. The van der Waals surface area contributed by atoms with E-state index in [4.69, 9.17) is 0 Å². The second-order valence-electron chi connectivity index (χ2n) is 4.65. The van der Waals surface area contributed by atoms with Crippen LogP contribution in [0.25, 0.3) is 0 Å². The van der Waals surface area contributed by atoms with Gasteiger partial charge in [-0.05, 0) is 45.1 Å². The Labute approximate surface area is 114 Å². The molecular formula is C14H25NS2. The van der Waals surface area contributed by atoms with Gasteiger partial charge in [-0.25, -0.2) is 0 Å². The van der Waals surface area contributed by atoms with Crippen molar-refractivity contribution in [3.05, 3.63) is 21.9 Å².